The molecule has 3 nitrogen and oxygen atoms in total. The standard InChI is InChI=1S/C29H55NO2/c1-3-5-7-9-11-12-13-14-15-16-17-19-21-27-32-29(28-22-24-30-25-23-28)31-26-20-18-10-8-6-4-2/h5,7,11-12,28-30H,3-4,6,8-10,13-27H2,1-2H3/b7-5-,12-11-. The Bertz CT molecular complexity index is 429. The topological polar surface area (TPSA) is 30.5 Å². The van der Waals surface area contributed by atoms with Gasteiger partial charge in [0, 0.05) is 19.1 Å². The number of ether oxygens (including phenoxy) is 2. The van der Waals surface area contributed by atoms with E-state index in [0.717, 1.165) is 39.1 Å². The van der Waals surface area contributed by atoms with E-state index in [2.05, 4.69) is 43.5 Å². The quantitative estimate of drug-likeness (QED) is 0.102. The first-order valence-electron chi connectivity index (χ1n) is 14.1. The number of hydrogen-bond donors (Lipinski definition) is 1. The van der Waals surface area contributed by atoms with Gasteiger partial charge in [-0.2, -0.15) is 0 Å². The van der Waals surface area contributed by atoms with Crippen molar-refractivity contribution in [2.45, 2.75) is 129 Å². The Labute approximate surface area is 200 Å². The van der Waals surface area contributed by atoms with Crippen LogP contribution in [0.3, 0.4) is 0 Å². The van der Waals surface area contributed by atoms with Gasteiger partial charge >= 0.3 is 0 Å². The van der Waals surface area contributed by atoms with Gasteiger partial charge in [0.25, 0.3) is 0 Å². The first-order chi connectivity index (χ1) is 15.9. The molecular weight excluding hydrogens is 394 g/mol. The first kappa shape index (κ1) is 29.4. The third kappa shape index (κ3) is 17.9. The third-order valence-electron chi connectivity index (χ3n) is 6.44. The van der Waals surface area contributed by atoms with Crippen LogP contribution < -0.4 is 5.32 Å². The zero-order valence-electron chi connectivity index (χ0n) is 21.6. The SMILES string of the molecule is CC/C=C\C/C=C\CCCCCCCCOC(OCCCCCCCC)C1CCNCC1. The van der Waals surface area contributed by atoms with Crippen LogP contribution in [0.25, 0.3) is 0 Å². The van der Waals surface area contributed by atoms with Gasteiger partial charge in [-0.05, 0) is 64.5 Å². The Morgan fingerprint density at radius 3 is 1.88 bits per heavy atom. The van der Waals surface area contributed by atoms with Crippen molar-refractivity contribution in [3.05, 3.63) is 24.3 Å². The molecular formula is C29H55NO2. The minimum absolute atomic E-state index is 0.0201. The van der Waals surface area contributed by atoms with E-state index in [1.54, 1.807) is 0 Å². The fourth-order valence-corrected chi connectivity index (χ4v) is 4.34. The van der Waals surface area contributed by atoms with Crippen molar-refractivity contribution in [3.63, 3.8) is 0 Å². The number of unbranched alkanes of at least 4 members (excludes halogenated alkanes) is 11. The average molecular weight is 450 g/mol. The molecule has 0 aliphatic carbocycles. The smallest absolute Gasteiger partial charge is 0.160 e. The van der Waals surface area contributed by atoms with Crippen molar-refractivity contribution in [2.75, 3.05) is 26.3 Å². The van der Waals surface area contributed by atoms with Gasteiger partial charge in [-0.15, -0.1) is 0 Å². The summed E-state index contributed by atoms with van der Waals surface area (Å²) in [5.74, 6) is 0.571. The summed E-state index contributed by atoms with van der Waals surface area (Å²) in [4.78, 5) is 0. The molecule has 1 unspecified atom stereocenters. The average Bonchev–Trinajstić information content (AvgIpc) is 2.83. The molecule has 0 amide bonds. The number of allylic oxidation sites excluding steroid dienone is 4. The zero-order chi connectivity index (χ0) is 23.0. The van der Waals surface area contributed by atoms with Gasteiger partial charge in [0.15, 0.2) is 6.29 Å². The van der Waals surface area contributed by atoms with Crippen LogP contribution in [0.4, 0.5) is 0 Å². The van der Waals surface area contributed by atoms with E-state index < -0.39 is 0 Å². The predicted molar refractivity (Wildman–Crippen MR) is 140 cm³/mol. The molecule has 0 aromatic heterocycles. The molecule has 32 heavy (non-hydrogen) atoms. The van der Waals surface area contributed by atoms with Crippen LogP contribution in [0, 0.1) is 5.92 Å². The van der Waals surface area contributed by atoms with E-state index in [1.807, 2.05) is 0 Å². The minimum atomic E-state index is 0.0201. The highest BCUT2D eigenvalue weighted by molar-refractivity contribution is 4.92. The van der Waals surface area contributed by atoms with Crippen molar-refractivity contribution in [1.82, 2.24) is 5.32 Å². The fourth-order valence-electron chi connectivity index (χ4n) is 4.34. The molecule has 0 aromatic rings. The van der Waals surface area contributed by atoms with Gasteiger partial charge in [0.05, 0.1) is 0 Å². The maximum absolute atomic E-state index is 6.26. The summed E-state index contributed by atoms with van der Waals surface area (Å²) in [6.07, 6.45) is 30.7. The summed E-state index contributed by atoms with van der Waals surface area (Å²) in [7, 11) is 0. The lowest BCUT2D eigenvalue weighted by Crippen LogP contribution is -2.37. The van der Waals surface area contributed by atoms with Crippen LogP contribution in [0.15, 0.2) is 24.3 Å². The molecule has 0 saturated carbocycles. The van der Waals surface area contributed by atoms with E-state index in [-0.39, 0.29) is 6.29 Å². The molecule has 1 heterocycles. The van der Waals surface area contributed by atoms with E-state index in [9.17, 15) is 0 Å². The molecule has 0 aromatic carbocycles. The Kier molecular flexibility index (Phi) is 21.6. The van der Waals surface area contributed by atoms with Crippen molar-refractivity contribution in [1.29, 1.82) is 0 Å². The molecule has 0 radical (unpaired) electrons. The largest absolute Gasteiger partial charge is 0.352 e. The molecule has 1 atom stereocenters. The molecule has 1 saturated heterocycles. The van der Waals surface area contributed by atoms with Crippen molar-refractivity contribution >= 4 is 0 Å². The summed E-state index contributed by atoms with van der Waals surface area (Å²) in [5, 5.41) is 3.47. The molecule has 1 fully saturated rings. The van der Waals surface area contributed by atoms with Crippen LogP contribution in [-0.2, 0) is 9.47 Å². The minimum Gasteiger partial charge on any atom is -0.352 e. The van der Waals surface area contributed by atoms with E-state index >= 15 is 0 Å². The lowest BCUT2D eigenvalue weighted by molar-refractivity contribution is -0.178. The Balaban J connectivity index is 2.04. The summed E-state index contributed by atoms with van der Waals surface area (Å²) < 4.78 is 12.5. The monoisotopic (exact) mass is 449 g/mol. The molecule has 188 valence electrons. The molecule has 0 bridgehead atoms. The van der Waals surface area contributed by atoms with Gasteiger partial charge in [0.2, 0.25) is 0 Å². The predicted octanol–water partition coefficient (Wildman–Crippen LogP) is 8.35. The van der Waals surface area contributed by atoms with Crippen LogP contribution in [0.1, 0.15) is 123 Å². The van der Waals surface area contributed by atoms with E-state index in [1.165, 1.54) is 96.3 Å². The van der Waals surface area contributed by atoms with E-state index in [0.29, 0.717) is 5.92 Å². The third-order valence-corrected chi connectivity index (χ3v) is 6.44. The number of rotatable bonds is 22. The summed E-state index contributed by atoms with van der Waals surface area (Å²) in [5.41, 5.74) is 0. The van der Waals surface area contributed by atoms with Crippen molar-refractivity contribution in [3.8, 4) is 0 Å². The fraction of sp³-hybridized carbons (Fsp3) is 0.862. The summed E-state index contributed by atoms with van der Waals surface area (Å²) in [6, 6.07) is 0. The number of piperidine rings is 1. The lowest BCUT2D eigenvalue weighted by atomic mass is 9.97. The number of hydrogen-bond acceptors (Lipinski definition) is 3. The van der Waals surface area contributed by atoms with Crippen molar-refractivity contribution < 1.29 is 9.47 Å². The lowest BCUT2D eigenvalue weighted by Gasteiger charge is -2.30. The Morgan fingerprint density at radius 2 is 1.25 bits per heavy atom. The Hall–Kier alpha value is -0.640. The van der Waals surface area contributed by atoms with Gasteiger partial charge in [-0.1, -0.05) is 95.9 Å². The van der Waals surface area contributed by atoms with Gasteiger partial charge < -0.3 is 14.8 Å². The second-order valence-corrected chi connectivity index (χ2v) is 9.46. The van der Waals surface area contributed by atoms with Crippen LogP contribution >= 0.6 is 0 Å². The maximum Gasteiger partial charge on any atom is 0.160 e. The van der Waals surface area contributed by atoms with E-state index in [4.69, 9.17) is 9.47 Å². The highest BCUT2D eigenvalue weighted by atomic mass is 16.7. The highest BCUT2D eigenvalue weighted by Crippen LogP contribution is 2.21. The normalized spacial score (nSPS) is 16.4. The second kappa shape index (κ2) is 23.5. The van der Waals surface area contributed by atoms with Gasteiger partial charge in [0.1, 0.15) is 0 Å². The summed E-state index contributed by atoms with van der Waals surface area (Å²) in [6.45, 7) is 8.40. The molecule has 1 rings (SSSR count). The first-order valence-corrected chi connectivity index (χ1v) is 14.1. The highest BCUT2D eigenvalue weighted by Gasteiger charge is 2.24. The van der Waals surface area contributed by atoms with Gasteiger partial charge in [-0.25, -0.2) is 0 Å². The molecule has 1 aliphatic rings. The van der Waals surface area contributed by atoms with Crippen molar-refractivity contribution in [2.24, 2.45) is 5.92 Å². The molecule has 0 spiro atoms. The Morgan fingerprint density at radius 1 is 0.688 bits per heavy atom. The van der Waals surface area contributed by atoms with Crippen LogP contribution in [0.5, 0.6) is 0 Å². The maximum atomic E-state index is 6.26. The molecule has 3 heteroatoms. The summed E-state index contributed by atoms with van der Waals surface area (Å²) >= 11 is 0. The number of nitrogens with one attached hydrogen (secondary N) is 1. The van der Waals surface area contributed by atoms with Crippen LogP contribution in [0.2, 0.25) is 0 Å². The van der Waals surface area contributed by atoms with Gasteiger partial charge in [-0.3, -0.25) is 0 Å². The molecule has 1 N–H and O–H groups in total. The second-order valence-electron chi connectivity index (χ2n) is 9.46. The molecule has 1 aliphatic heterocycles. The van der Waals surface area contributed by atoms with Crippen LogP contribution in [-0.4, -0.2) is 32.6 Å². The zero-order valence-corrected chi connectivity index (χ0v) is 21.6.